The van der Waals surface area contributed by atoms with Gasteiger partial charge in [0, 0.05) is 13.1 Å². The van der Waals surface area contributed by atoms with Gasteiger partial charge in [0.15, 0.2) is 5.82 Å². The minimum absolute atomic E-state index is 0.0268. The Morgan fingerprint density at radius 3 is 2.50 bits per heavy atom. The van der Waals surface area contributed by atoms with Crippen LogP contribution < -0.4 is 15.4 Å². The summed E-state index contributed by atoms with van der Waals surface area (Å²) in [5.74, 6) is 0.772. The van der Waals surface area contributed by atoms with Gasteiger partial charge in [-0.15, -0.1) is 5.10 Å². The zero-order valence-electron chi connectivity index (χ0n) is 12.1. The van der Waals surface area contributed by atoms with Crippen LogP contribution in [0.3, 0.4) is 0 Å². The van der Waals surface area contributed by atoms with Gasteiger partial charge in [-0.1, -0.05) is 5.21 Å². The number of hydrogen-bond donors (Lipinski definition) is 1. The average molecular weight is 301 g/mol. The second-order valence-electron chi connectivity index (χ2n) is 4.82. The summed E-state index contributed by atoms with van der Waals surface area (Å²) in [5, 5.41) is 16.4. The van der Waals surface area contributed by atoms with E-state index in [1.807, 2.05) is 6.07 Å². The predicted octanol–water partition coefficient (Wildman–Crippen LogP) is -0.0949. The highest BCUT2D eigenvalue weighted by Crippen LogP contribution is 2.20. The molecule has 3 heterocycles. The fraction of sp³-hybridized carbons (Fsp3) is 0.500. The number of hydrogen-bond acceptors (Lipinski definition) is 9. The van der Waals surface area contributed by atoms with E-state index < -0.39 is 0 Å². The minimum atomic E-state index is 0.0268. The van der Waals surface area contributed by atoms with E-state index in [1.165, 1.54) is 18.2 Å². The predicted molar refractivity (Wildman–Crippen MR) is 76.5 cm³/mol. The lowest BCUT2D eigenvalue weighted by Crippen LogP contribution is -2.31. The lowest BCUT2D eigenvalue weighted by atomic mass is 10.1. The van der Waals surface area contributed by atoms with Crippen molar-refractivity contribution >= 4 is 11.8 Å². The first-order chi connectivity index (χ1) is 10.7. The van der Waals surface area contributed by atoms with Gasteiger partial charge in [0.2, 0.25) is 11.6 Å². The second kappa shape index (κ2) is 5.80. The van der Waals surface area contributed by atoms with Crippen LogP contribution in [0.4, 0.5) is 11.8 Å². The lowest BCUT2D eigenvalue weighted by molar-refractivity contribution is 0.376. The first-order valence-electron chi connectivity index (χ1n) is 6.89. The van der Waals surface area contributed by atoms with Gasteiger partial charge in [-0.2, -0.15) is 24.9 Å². The maximum Gasteiger partial charge on any atom is 0.322 e. The Morgan fingerprint density at radius 2 is 1.86 bits per heavy atom. The molecule has 0 unspecified atom stereocenters. The van der Waals surface area contributed by atoms with E-state index in [-0.39, 0.29) is 23.5 Å². The topological polar surface area (TPSA) is 132 Å². The number of anilines is 2. The smallest absolute Gasteiger partial charge is 0.322 e. The van der Waals surface area contributed by atoms with Crippen molar-refractivity contribution in [3.05, 3.63) is 5.69 Å². The Hall–Kier alpha value is -2.96. The summed E-state index contributed by atoms with van der Waals surface area (Å²) in [6, 6.07) is 2.03. The van der Waals surface area contributed by atoms with Crippen molar-refractivity contribution < 1.29 is 4.74 Å². The van der Waals surface area contributed by atoms with Crippen molar-refractivity contribution in [1.82, 2.24) is 29.9 Å². The molecule has 22 heavy (non-hydrogen) atoms. The molecule has 0 bridgehead atoms. The molecule has 0 radical (unpaired) electrons. The third kappa shape index (κ3) is 2.48. The van der Waals surface area contributed by atoms with Crippen molar-refractivity contribution in [3.8, 4) is 18.0 Å². The normalized spacial score (nSPS) is 14.6. The largest absolute Gasteiger partial charge is 0.467 e. The number of aromatic nitrogens is 6. The standard InChI is InChI=1S/C12H15N9O/c1-22-12-16-10(20-5-3-2-4-6-20)15-11(17-12)21-9(14)8(7-13)18-19-21/h2-6,14H2,1H3. The zero-order chi connectivity index (χ0) is 15.5. The zero-order valence-corrected chi connectivity index (χ0v) is 12.1. The fourth-order valence-electron chi connectivity index (χ4n) is 2.27. The number of nitriles is 1. The van der Waals surface area contributed by atoms with Crippen molar-refractivity contribution in [2.24, 2.45) is 0 Å². The second-order valence-corrected chi connectivity index (χ2v) is 4.82. The van der Waals surface area contributed by atoms with Crippen LogP contribution in [0.1, 0.15) is 25.0 Å². The fourth-order valence-corrected chi connectivity index (χ4v) is 2.27. The van der Waals surface area contributed by atoms with Crippen molar-refractivity contribution in [1.29, 1.82) is 5.26 Å². The van der Waals surface area contributed by atoms with Crippen LogP contribution in [0, 0.1) is 11.3 Å². The van der Waals surface area contributed by atoms with Crippen LogP contribution in [0.5, 0.6) is 6.01 Å². The molecular weight excluding hydrogens is 286 g/mol. The van der Waals surface area contributed by atoms with E-state index in [2.05, 4.69) is 30.2 Å². The van der Waals surface area contributed by atoms with Crippen molar-refractivity contribution in [2.75, 3.05) is 30.8 Å². The monoisotopic (exact) mass is 301 g/mol. The molecule has 0 atom stereocenters. The summed E-state index contributed by atoms with van der Waals surface area (Å²) in [6.07, 6.45) is 3.38. The Kier molecular flexibility index (Phi) is 3.69. The van der Waals surface area contributed by atoms with E-state index in [4.69, 9.17) is 15.7 Å². The van der Waals surface area contributed by atoms with Gasteiger partial charge in [0.05, 0.1) is 7.11 Å². The number of nitrogens with two attached hydrogens (primary N) is 1. The molecule has 2 N–H and O–H groups in total. The summed E-state index contributed by atoms with van der Waals surface area (Å²) in [7, 11) is 1.48. The molecule has 114 valence electrons. The Bertz CT molecular complexity index is 714. The summed E-state index contributed by atoms with van der Waals surface area (Å²) in [5.41, 5.74) is 5.85. The van der Waals surface area contributed by atoms with Gasteiger partial charge in [0.1, 0.15) is 6.07 Å². The van der Waals surface area contributed by atoms with Gasteiger partial charge >= 0.3 is 6.01 Å². The van der Waals surface area contributed by atoms with Crippen LogP contribution in [0.2, 0.25) is 0 Å². The molecule has 0 amide bonds. The van der Waals surface area contributed by atoms with Crippen LogP contribution in [0.25, 0.3) is 5.95 Å². The highest BCUT2D eigenvalue weighted by atomic mass is 16.5. The molecule has 0 saturated carbocycles. The van der Waals surface area contributed by atoms with E-state index >= 15 is 0 Å². The third-order valence-electron chi connectivity index (χ3n) is 3.41. The minimum Gasteiger partial charge on any atom is -0.467 e. The van der Waals surface area contributed by atoms with Crippen molar-refractivity contribution in [2.45, 2.75) is 19.3 Å². The molecule has 1 aliphatic rings. The lowest BCUT2D eigenvalue weighted by Gasteiger charge is -2.26. The van der Waals surface area contributed by atoms with Crippen LogP contribution in [-0.2, 0) is 0 Å². The number of methoxy groups -OCH3 is 1. The molecule has 1 fully saturated rings. The average Bonchev–Trinajstić information content (AvgIpc) is 2.96. The number of nitrogens with zero attached hydrogens (tertiary/aromatic N) is 8. The highest BCUT2D eigenvalue weighted by molar-refractivity contribution is 5.47. The molecule has 0 aliphatic carbocycles. The van der Waals surface area contributed by atoms with E-state index in [1.54, 1.807) is 0 Å². The van der Waals surface area contributed by atoms with Crippen LogP contribution in [-0.4, -0.2) is 50.1 Å². The Morgan fingerprint density at radius 1 is 1.14 bits per heavy atom. The van der Waals surface area contributed by atoms with Gasteiger partial charge in [-0.25, -0.2) is 0 Å². The van der Waals surface area contributed by atoms with Gasteiger partial charge in [-0.3, -0.25) is 0 Å². The quantitative estimate of drug-likeness (QED) is 0.825. The maximum absolute atomic E-state index is 8.91. The highest BCUT2D eigenvalue weighted by Gasteiger charge is 2.19. The van der Waals surface area contributed by atoms with E-state index in [0.717, 1.165) is 25.9 Å². The summed E-state index contributed by atoms with van der Waals surface area (Å²) in [6.45, 7) is 1.76. The van der Waals surface area contributed by atoms with E-state index in [0.29, 0.717) is 5.95 Å². The first-order valence-corrected chi connectivity index (χ1v) is 6.89. The number of nitrogen functional groups attached to an aromatic ring is 1. The molecule has 3 rings (SSSR count). The van der Waals surface area contributed by atoms with Gasteiger partial charge in [0.25, 0.3) is 5.95 Å². The van der Waals surface area contributed by atoms with Crippen LogP contribution in [0.15, 0.2) is 0 Å². The summed E-state index contributed by atoms with van der Waals surface area (Å²) >= 11 is 0. The molecule has 0 aromatic carbocycles. The van der Waals surface area contributed by atoms with Gasteiger partial charge in [-0.05, 0) is 19.3 Å². The number of rotatable bonds is 3. The number of piperidine rings is 1. The SMILES string of the molecule is COc1nc(N2CCCCC2)nc(-n2nnc(C#N)c2N)n1. The van der Waals surface area contributed by atoms with E-state index in [9.17, 15) is 0 Å². The molecule has 0 spiro atoms. The Labute approximate surface area is 126 Å². The third-order valence-corrected chi connectivity index (χ3v) is 3.41. The summed E-state index contributed by atoms with van der Waals surface area (Å²) in [4.78, 5) is 14.8. The summed E-state index contributed by atoms with van der Waals surface area (Å²) < 4.78 is 6.33. The molecule has 2 aromatic heterocycles. The first kappa shape index (κ1) is 14.0. The van der Waals surface area contributed by atoms with Crippen LogP contribution >= 0.6 is 0 Å². The molecule has 10 heteroatoms. The van der Waals surface area contributed by atoms with Gasteiger partial charge < -0.3 is 15.4 Å². The molecule has 10 nitrogen and oxygen atoms in total. The Balaban J connectivity index is 2.03. The van der Waals surface area contributed by atoms with Crippen molar-refractivity contribution in [3.63, 3.8) is 0 Å². The molecular formula is C12H15N9O. The number of ether oxygens (including phenoxy) is 1. The molecule has 2 aromatic rings. The maximum atomic E-state index is 8.91. The molecule has 1 aliphatic heterocycles. The molecule has 1 saturated heterocycles.